The van der Waals surface area contributed by atoms with Gasteiger partial charge in [0, 0.05) is 31.1 Å². The van der Waals surface area contributed by atoms with Crippen LogP contribution in [0, 0.1) is 19.8 Å². The number of nitrogens with zero attached hydrogens (tertiary/aromatic N) is 2. The van der Waals surface area contributed by atoms with E-state index in [1.165, 1.54) is 6.07 Å². The zero-order chi connectivity index (χ0) is 28.7. The molecule has 3 aromatic rings. The highest BCUT2D eigenvalue weighted by atomic mass is 32.2. The molecule has 2 N–H and O–H groups in total. The highest BCUT2D eigenvalue weighted by molar-refractivity contribution is 7.92. The maximum atomic E-state index is 13.2. The Morgan fingerprint density at radius 2 is 1.72 bits per heavy atom. The van der Waals surface area contributed by atoms with Crippen LogP contribution in [0.2, 0.25) is 0 Å². The Kier molecular flexibility index (Phi) is 9.91. The molecule has 210 valence electrons. The number of nitrogens with one attached hydrogen (secondary N) is 2. The number of aromatic nitrogens is 1. The van der Waals surface area contributed by atoms with Gasteiger partial charge in [-0.15, -0.1) is 0 Å². The highest BCUT2D eigenvalue weighted by Gasteiger charge is 2.27. The van der Waals surface area contributed by atoms with Gasteiger partial charge in [-0.05, 0) is 49.8 Å². The van der Waals surface area contributed by atoms with Crippen molar-refractivity contribution in [3.8, 4) is 11.1 Å². The number of likely N-dealkylation sites (N-methyl/N-ethyl adjacent to an activating group) is 1. The summed E-state index contributed by atoms with van der Waals surface area (Å²) >= 11 is 0. The molecule has 3 rings (SSSR count). The van der Waals surface area contributed by atoms with Gasteiger partial charge in [-0.2, -0.15) is 0 Å². The molecule has 0 aliphatic heterocycles. The van der Waals surface area contributed by atoms with Crippen molar-refractivity contribution in [3.05, 3.63) is 65.4 Å². The van der Waals surface area contributed by atoms with E-state index in [1.54, 1.807) is 44.0 Å². The van der Waals surface area contributed by atoms with Crippen LogP contribution in [0.3, 0.4) is 0 Å². The first kappa shape index (κ1) is 29.9. The zero-order valence-corrected chi connectivity index (χ0v) is 24.3. The van der Waals surface area contributed by atoms with Crippen molar-refractivity contribution in [1.82, 2.24) is 15.4 Å². The van der Waals surface area contributed by atoms with Crippen LogP contribution < -0.4 is 10.0 Å². The van der Waals surface area contributed by atoms with Crippen LogP contribution >= 0.6 is 0 Å². The minimum absolute atomic E-state index is 0.0423. The number of hydrogen-bond donors (Lipinski definition) is 2. The molecular weight excluding hydrogens is 516 g/mol. The van der Waals surface area contributed by atoms with E-state index in [9.17, 15) is 18.0 Å². The summed E-state index contributed by atoms with van der Waals surface area (Å²) in [6.07, 6.45) is 1.71. The number of amides is 2. The van der Waals surface area contributed by atoms with E-state index < -0.39 is 16.1 Å². The predicted octanol–water partition coefficient (Wildman–Crippen LogP) is 5.05. The number of sulfonamides is 1. The monoisotopic (exact) mass is 554 g/mol. The topological polar surface area (TPSA) is 122 Å². The number of carbonyl (C=O) groups excluding carboxylic acids is 2. The van der Waals surface area contributed by atoms with Crippen molar-refractivity contribution in [2.24, 2.45) is 5.92 Å². The Morgan fingerprint density at radius 3 is 2.31 bits per heavy atom. The third-order valence-electron chi connectivity index (χ3n) is 6.61. The van der Waals surface area contributed by atoms with E-state index in [0.29, 0.717) is 35.2 Å². The van der Waals surface area contributed by atoms with Crippen LogP contribution in [0.1, 0.15) is 56.9 Å². The average Bonchev–Trinajstić information content (AvgIpc) is 3.22. The van der Waals surface area contributed by atoms with Crippen LogP contribution in [0.15, 0.2) is 57.9 Å². The number of rotatable bonds is 12. The van der Waals surface area contributed by atoms with Gasteiger partial charge in [0.25, 0.3) is 10.0 Å². The van der Waals surface area contributed by atoms with Crippen molar-refractivity contribution in [2.75, 3.05) is 11.8 Å². The van der Waals surface area contributed by atoms with Gasteiger partial charge < -0.3 is 14.7 Å². The maximum Gasteiger partial charge on any atom is 0.264 e. The molecule has 1 atom stereocenters. The molecule has 0 aliphatic carbocycles. The lowest BCUT2D eigenvalue weighted by Gasteiger charge is -2.28. The number of benzene rings is 2. The molecule has 0 bridgehead atoms. The molecule has 0 unspecified atom stereocenters. The smallest absolute Gasteiger partial charge is 0.264 e. The van der Waals surface area contributed by atoms with Crippen LogP contribution in [0.25, 0.3) is 11.1 Å². The largest absolute Gasteiger partial charge is 0.350 e. The van der Waals surface area contributed by atoms with Gasteiger partial charge in [0.1, 0.15) is 6.04 Å². The Morgan fingerprint density at radius 1 is 1.05 bits per heavy atom. The van der Waals surface area contributed by atoms with Crippen molar-refractivity contribution < 1.29 is 22.5 Å². The van der Waals surface area contributed by atoms with Crippen LogP contribution in [-0.4, -0.2) is 43.4 Å². The first-order valence-electron chi connectivity index (χ1n) is 13.1. The second-order valence-corrected chi connectivity index (χ2v) is 11.8. The van der Waals surface area contributed by atoms with E-state index in [4.69, 9.17) is 4.52 Å². The van der Waals surface area contributed by atoms with Gasteiger partial charge in [0.15, 0.2) is 0 Å². The van der Waals surface area contributed by atoms with Gasteiger partial charge >= 0.3 is 0 Å². The lowest BCUT2D eigenvalue weighted by atomic mass is 10.0. The predicted molar refractivity (Wildman–Crippen MR) is 151 cm³/mol. The van der Waals surface area contributed by atoms with Crippen LogP contribution in [0.4, 0.5) is 5.88 Å². The standard InChI is InChI=1S/C29H38N4O5S/c1-7-10-27(34)33(6)25(17-19(2)3)28(35)30-18-22-13-15-23(16-14-22)24-11-8-9-12-26(24)39(36,37)32-29-20(4)21(5)31-38-29/h8-9,11-16,19,25,32H,7,10,17-18H2,1-6H3,(H,30,35)/t25-/m0/s1. The molecule has 0 spiro atoms. The summed E-state index contributed by atoms with van der Waals surface area (Å²) in [6, 6.07) is 13.5. The van der Waals surface area contributed by atoms with Crippen molar-refractivity contribution in [2.45, 2.75) is 71.4 Å². The average molecular weight is 555 g/mol. The Labute approximate surface area is 231 Å². The molecule has 10 heteroatoms. The summed E-state index contributed by atoms with van der Waals surface area (Å²) in [7, 11) is -2.26. The van der Waals surface area contributed by atoms with Gasteiger partial charge in [0.2, 0.25) is 17.7 Å². The van der Waals surface area contributed by atoms with Crippen molar-refractivity contribution >= 4 is 27.7 Å². The molecule has 2 amide bonds. The molecule has 1 heterocycles. The van der Waals surface area contributed by atoms with Gasteiger partial charge in [0.05, 0.1) is 10.6 Å². The Hall–Kier alpha value is -3.66. The molecule has 0 saturated heterocycles. The second-order valence-electron chi connectivity index (χ2n) is 10.1. The lowest BCUT2D eigenvalue weighted by molar-refractivity contribution is -0.139. The summed E-state index contributed by atoms with van der Waals surface area (Å²) in [6.45, 7) is 9.75. The van der Waals surface area contributed by atoms with Crippen LogP contribution in [-0.2, 0) is 26.2 Å². The minimum Gasteiger partial charge on any atom is -0.350 e. The number of anilines is 1. The molecule has 0 fully saturated rings. The SMILES string of the molecule is CCCC(=O)N(C)[C@@H](CC(C)C)C(=O)NCc1ccc(-c2ccccc2S(=O)(=O)Nc2onc(C)c2C)cc1. The van der Waals surface area contributed by atoms with Gasteiger partial charge in [-0.25, -0.2) is 13.1 Å². The van der Waals surface area contributed by atoms with Crippen molar-refractivity contribution in [3.63, 3.8) is 0 Å². The molecule has 39 heavy (non-hydrogen) atoms. The molecule has 9 nitrogen and oxygen atoms in total. The first-order chi connectivity index (χ1) is 18.4. The minimum atomic E-state index is -3.94. The highest BCUT2D eigenvalue weighted by Crippen LogP contribution is 2.30. The number of aryl methyl sites for hydroxylation is 1. The van der Waals surface area contributed by atoms with E-state index in [2.05, 4.69) is 15.2 Å². The fourth-order valence-electron chi connectivity index (χ4n) is 4.19. The summed E-state index contributed by atoms with van der Waals surface area (Å²) in [5, 5.41) is 6.77. The molecule has 0 radical (unpaired) electrons. The van der Waals surface area contributed by atoms with E-state index in [1.807, 2.05) is 45.0 Å². The maximum absolute atomic E-state index is 13.2. The van der Waals surface area contributed by atoms with E-state index >= 15 is 0 Å². The Balaban J connectivity index is 1.75. The fraction of sp³-hybridized carbons (Fsp3) is 0.414. The van der Waals surface area contributed by atoms with Crippen molar-refractivity contribution in [1.29, 1.82) is 0 Å². The zero-order valence-electron chi connectivity index (χ0n) is 23.4. The summed E-state index contributed by atoms with van der Waals surface area (Å²) in [5.74, 6) is 0.102. The normalized spacial score (nSPS) is 12.3. The molecular formula is C29H38N4O5S. The quantitative estimate of drug-likeness (QED) is 0.323. The van der Waals surface area contributed by atoms with E-state index in [0.717, 1.165) is 12.0 Å². The Bertz CT molecular complexity index is 1400. The first-order valence-corrected chi connectivity index (χ1v) is 14.6. The summed E-state index contributed by atoms with van der Waals surface area (Å²) in [5.41, 5.74) is 3.32. The number of carbonyl (C=O) groups is 2. The van der Waals surface area contributed by atoms with Gasteiger partial charge in [-0.1, -0.05) is 68.4 Å². The summed E-state index contributed by atoms with van der Waals surface area (Å²) < 4.78 is 34.1. The molecule has 1 aromatic heterocycles. The van der Waals surface area contributed by atoms with Crippen LogP contribution in [0.5, 0.6) is 0 Å². The summed E-state index contributed by atoms with van der Waals surface area (Å²) in [4.78, 5) is 27.1. The lowest BCUT2D eigenvalue weighted by Crippen LogP contribution is -2.48. The van der Waals surface area contributed by atoms with E-state index in [-0.39, 0.29) is 35.1 Å². The second kappa shape index (κ2) is 12.9. The fourth-order valence-corrected chi connectivity index (χ4v) is 5.47. The molecule has 0 aliphatic rings. The molecule has 0 saturated carbocycles. The third-order valence-corrected chi connectivity index (χ3v) is 8.00. The van der Waals surface area contributed by atoms with Gasteiger partial charge in [-0.3, -0.25) is 9.59 Å². The number of hydrogen-bond acceptors (Lipinski definition) is 6. The third kappa shape index (κ3) is 7.47. The molecule has 2 aromatic carbocycles.